The Morgan fingerprint density at radius 2 is 1.78 bits per heavy atom. The molecule has 1 aliphatic heterocycles. The topological polar surface area (TPSA) is 53.1 Å². The minimum Gasteiger partial charge on any atom is -0.360 e. The van der Waals surface area contributed by atoms with Gasteiger partial charge in [-0.3, -0.25) is 0 Å². The van der Waals surface area contributed by atoms with Crippen molar-refractivity contribution in [3.05, 3.63) is 11.8 Å². The Morgan fingerprint density at radius 3 is 2.48 bits per heavy atom. The summed E-state index contributed by atoms with van der Waals surface area (Å²) in [5.74, 6) is 1.63. The number of aromatic nitrogens is 2. The van der Waals surface area contributed by atoms with E-state index in [1.54, 1.807) is 0 Å². The van der Waals surface area contributed by atoms with Crippen molar-refractivity contribution >= 4 is 29.1 Å². The van der Waals surface area contributed by atoms with Crippen molar-refractivity contribution in [1.82, 2.24) is 15.3 Å². The zero-order chi connectivity index (χ0) is 16.1. The van der Waals surface area contributed by atoms with E-state index in [1.165, 1.54) is 51.4 Å². The second-order valence-corrected chi connectivity index (χ2v) is 7.08. The van der Waals surface area contributed by atoms with Crippen molar-refractivity contribution < 1.29 is 0 Å². The van der Waals surface area contributed by atoms with Crippen LogP contribution in [0.4, 0.5) is 11.8 Å². The zero-order valence-electron chi connectivity index (χ0n) is 14.0. The van der Waals surface area contributed by atoms with Crippen LogP contribution in [-0.4, -0.2) is 34.2 Å². The maximum Gasteiger partial charge on any atom is 0.231 e. The highest BCUT2D eigenvalue weighted by Crippen LogP contribution is 2.20. The van der Waals surface area contributed by atoms with Gasteiger partial charge in [-0.05, 0) is 44.8 Å². The molecular weight excluding hydrogens is 306 g/mol. The van der Waals surface area contributed by atoms with Gasteiger partial charge in [0.05, 0.1) is 0 Å². The molecule has 0 aromatic carbocycles. The third kappa shape index (κ3) is 4.77. The van der Waals surface area contributed by atoms with Gasteiger partial charge in [0.15, 0.2) is 5.11 Å². The van der Waals surface area contributed by atoms with Gasteiger partial charge in [-0.15, -0.1) is 0 Å². The van der Waals surface area contributed by atoms with Gasteiger partial charge in [0.25, 0.3) is 0 Å². The lowest BCUT2D eigenvalue weighted by Gasteiger charge is -2.22. The Hall–Kier alpha value is -1.43. The summed E-state index contributed by atoms with van der Waals surface area (Å²) in [5.41, 5.74) is 0.977. The van der Waals surface area contributed by atoms with E-state index in [-0.39, 0.29) is 0 Å². The van der Waals surface area contributed by atoms with Crippen molar-refractivity contribution in [3.63, 3.8) is 0 Å². The molecule has 0 unspecified atom stereocenters. The molecule has 23 heavy (non-hydrogen) atoms. The molecule has 0 amide bonds. The lowest BCUT2D eigenvalue weighted by molar-refractivity contribution is 0.634. The molecule has 0 radical (unpaired) electrons. The molecule has 0 spiro atoms. The third-order valence-corrected chi connectivity index (χ3v) is 4.91. The second-order valence-electron chi connectivity index (χ2n) is 6.67. The van der Waals surface area contributed by atoms with E-state index in [9.17, 15) is 0 Å². The lowest BCUT2D eigenvalue weighted by Crippen LogP contribution is -2.36. The fraction of sp³-hybridized carbons (Fsp3) is 0.706. The normalized spacial score (nSPS) is 19.4. The van der Waals surface area contributed by atoms with E-state index < -0.39 is 0 Å². The van der Waals surface area contributed by atoms with Crippen LogP contribution in [0.25, 0.3) is 0 Å². The summed E-state index contributed by atoms with van der Waals surface area (Å²) < 4.78 is 0. The van der Waals surface area contributed by atoms with Crippen molar-refractivity contribution in [3.8, 4) is 0 Å². The molecule has 6 heteroatoms. The highest BCUT2D eigenvalue weighted by molar-refractivity contribution is 7.80. The highest BCUT2D eigenvalue weighted by atomic mass is 32.1. The minimum absolute atomic E-state index is 0.505. The fourth-order valence-corrected chi connectivity index (χ4v) is 3.72. The van der Waals surface area contributed by atoms with Gasteiger partial charge in [-0.2, -0.15) is 4.98 Å². The molecule has 2 N–H and O–H groups in total. The Labute approximate surface area is 144 Å². The largest absolute Gasteiger partial charge is 0.360 e. The van der Waals surface area contributed by atoms with Gasteiger partial charge in [0.1, 0.15) is 5.82 Å². The molecule has 1 aromatic rings. The molecule has 1 saturated carbocycles. The molecule has 0 bridgehead atoms. The Kier molecular flexibility index (Phi) is 5.65. The van der Waals surface area contributed by atoms with Gasteiger partial charge < -0.3 is 15.5 Å². The lowest BCUT2D eigenvalue weighted by atomic mass is 10.2. The average molecular weight is 334 g/mol. The Morgan fingerprint density at radius 1 is 1.09 bits per heavy atom. The second kappa shape index (κ2) is 7.90. The van der Waals surface area contributed by atoms with Gasteiger partial charge in [0, 0.05) is 30.9 Å². The molecular formula is C17H27N5S. The first-order chi connectivity index (χ1) is 11.2. The van der Waals surface area contributed by atoms with Gasteiger partial charge in [-0.25, -0.2) is 4.98 Å². The molecule has 1 saturated heterocycles. The first kappa shape index (κ1) is 16.4. The molecule has 126 valence electrons. The van der Waals surface area contributed by atoms with E-state index >= 15 is 0 Å². The minimum atomic E-state index is 0.505. The molecule has 2 aliphatic rings. The van der Waals surface area contributed by atoms with Crippen LogP contribution in [0, 0.1) is 6.92 Å². The van der Waals surface area contributed by atoms with Gasteiger partial charge >= 0.3 is 0 Å². The van der Waals surface area contributed by atoms with E-state index in [4.69, 9.17) is 12.2 Å². The van der Waals surface area contributed by atoms with Crippen molar-refractivity contribution in [2.75, 3.05) is 23.3 Å². The first-order valence-corrected chi connectivity index (χ1v) is 9.30. The van der Waals surface area contributed by atoms with Crippen LogP contribution in [0.5, 0.6) is 0 Å². The number of nitrogens with zero attached hydrogens (tertiary/aromatic N) is 3. The summed E-state index contributed by atoms with van der Waals surface area (Å²) >= 11 is 5.42. The van der Waals surface area contributed by atoms with E-state index in [2.05, 4.69) is 31.6 Å². The number of hydrogen-bond acceptors (Lipinski definition) is 4. The van der Waals surface area contributed by atoms with Crippen molar-refractivity contribution in [2.45, 2.75) is 64.3 Å². The Bertz CT molecular complexity index is 534. The zero-order valence-corrected chi connectivity index (χ0v) is 14.8. The van der Waals surface area contributed by atoms with Crippen LogP contribution in [0.3, 0.4) is 0 Å². The van der Waals surface area contributed by atoms with Gasteiger partial charge in [-0.1, -0.05) is 25.7 Å². The number of aryl methyl sites for hydroxylation is 1. The standard InChI is InChI=1S/C17H27N5S/c1-13-12-15(22-10-6-2-3-7-11-22)20-16(18-13)21-17(23)19-14-8-4-5-9-14/h12,14H,2-11H2,1H3,(H2,18,19,20,21,23). The molecule has 5 nitrogen and oxygen atoms in total. The fourth-order valence-electron chi connectivity index (χ4n) is 3.46. The van der Waals surface area contributed by atoms with Crippen LogP contribution >= 0.6 is 12.2 Å². The molecule has 3 rings (SSSR count). The summed E-state index contributed by atoms with van der Waals surface area (Å²) in [5, 5.41) is 7.20. The van der Waals surface area contributed by atoms with Crippen LogP contribution in [0.2, 0.25) is 0 Å². The van der Waals surface area contributed by atoms with Crippen LogP contribution < -0.4 is 15.5 Å². The number of thiocarbonyl (C=S) groups is 1. The predicted molar refractivity (Wildman–Crippen MR) is 99.1 cm³/mol. The third-order valence-electron chi connectivity index (χ3n) is 4.69. The molecule has 1 aromatic heterocycles. The van der Waals surface area contributed by atoms with E-state index in [0.29, 0.717) is 17.1 Å². The molecule has 2 heterocycles. The molecule has 1 aliphatic carbocycles. The monoisotopic (exact) mass is 333 g/mol. The maximum atomic E-state index is 5.42. The average Bonchev–Trinajstić information content (AvgIpc) is 2.86. The predicted octanol–water partition coefficient (Wildman–Crippen LogP) is 3.39. The molecule has 0 atom stereocenters. The summed E-state index contributed by atoms with van der Waals surface area (Å²) in [7, 11) is 0. The van der Waals surface area contributed by atoms with E-state index in [1.807, 2.05) is 6.92 Å². The number of hydrogen-bond donors (Lipinski definition) is 2. The maximum absolute atomic E-state index is 5.42. The van der Waals surface area contributed by atoms with Gasteiger partial charge in [0.2, 0.25) is 5.95 Å². The smallest absolute Gasteiger partial charge is 0.231 e. The first-order valence-electron chi connectivity index (χ1n) is 8.89. The summed E-state index contributed by atoms with van der Waals surface area (Å²) in [6.45, 7) is 4.18. The number of rotatable bonds is 3. The number of nitrogens with one attached hydrogen (secondary N) is 2. The quantitative estimate of drug-likeness (QED) is 0.827. The van der Waals surface area contributed by atoms with Crippen molar-refractivity contribution in [2.24, 2.45) is 0 Å². The summed E-state index contributed by atoms with van der Waals surface area (Å²) in [6, 6.07) is 2.58. The van der Waals surface area contributed by atoms with Crippen LogP contribution in [-0.2, 0) is 0 Å². The highest BCUT2D eigenvalue weighted by Gasteiger charge is 2.17. The van der Waals surface area contributed by atoms with Crippen molar-refractivity contribution in [1.29, 1.82) is 0 Å². The number of anilines is 2. The van der Waals surface area contributed by atoms with E-state index in [0.717, 1.165) is 24.6 Å². The van der Waals surface area contributed by atoms with Crippen LogP contribution in [0.1, 0.15) is 57.1 Å². The SMILES string of the molecule is Cc1cc(N2CCCCCC2)nc(NC(=S)NC2CCCC2)n1. The molecule has 2 fully saturated rings. The van der Waals surface area contributed by atoms with Crippen LogP contribution in [0.15, 0.2) is 6.07 Å². The summed E-state index contributed by atoms with van der Waals surface area (Å²) in [6.07, 6.45) is 10.1. The Balaban J connectivity index is 1.65. The summed E-state index contributed by atoms with van der Waals surface area (Å²) in [4.78, 5) is 11.6.